The van der Waals surface area contributed by atoms with Gasteiger partial charge in [0, 0.05) is 16.7 Å². The van der Waals surface area contributed by atoms with Crippen LogP contribution in [0.4, 0.5) is 0 Å². The third-order valence-electron chi connectivity index (χ3n) is 3.06. The molecule has 0 amide bonds. The van der Waals surface area contributed by atoms with Gasteiger partial charge in [0.25, 0.3) is 0 Å². The molecule has 0 radical (unpaired) electrons. The summed E-state index contributed by atoms with van der Waals surface area (Å²) in [4.78, 5) is 11.1. The summed E-state index contributed by atoms with van der Waals surface area (Å²) in [6.07, 6.45) is -0.523. The number of carbonyl (C=O) groups is 1. The second kappa shape index (κ2) is 5.87. The maximum absolute atomic E-state index is 11.1. The Bertz CT molecular complexity index is 633. The average molecular weight is 310 g/mol. The van der Waals surface area contributed by atoms with Crippen molar-refractivity contribution in [1.82, 2.24) is 5.16 Å². The number of carboxylic acids is 1. The van der Waals surface area contributed by atoms with Crippen LogP contribution in [0.1, 0.15) is 32.6 Å². The lowest BCUT2D eigenvalue weighted by Crippen LogP contribution is -2.35. The zero-order valence-corrected chi connectivity index (χ0v) is 12.7. The van der Waals surface area contributed by atoms with Crippen molar-refractivity contribution in [3.8, 4) is 11.3 Å². The van der Waals surface area contributed by atoms with Gasteiger partial charge in [-0.25, -0.2) is 4.79 Å². The van der Waals surface area contributed by atoms with Crippen molar-refractivity contribution in [3.63, 3.8) is 0 Å². The van der Waals surface area contributed by atoms with Crippen molar-refractivity contribution in [3.05, 3.63) is 41.1 Å². The van der Waals surface area contributed by atoms with Gasteiger partial charge in [-0.1, -0.05) is 28.9 Å². The lowest BCUT2D eigenvalue weighted by Gasteiger charge is -2.23. The second-order valence-corrected chi connectivity index (χ2v) is 5.63. The number of ether oxygens (including phenoxy) is 1. The molecular formula is C15H16ClNO4. The fourth-order valence-corrected chi connectivity index (χ4v) is 1.91. The topological polar surface area (TPSA) is 72.6 Å². The highest BCUT2D eigenvalue weighted by Crippen LogP contribution is 2.28. The molecule has 0 aliphatic carbocycles. The Hall–Kier alpha value is -1.85. The highest BCUT2D eigenvalue weighted by molar-refractivity contribution is 6.30. The van der Waals surface area contributed by atoms with E-state index in [1.165, 1.54) is 13.8 Å². The third-order valence-corrected chi connectivity index (χ3v) is 3.31. The molecule has 0 saturated heterocycles. The Balaban J connectivity index is 2.16. The van der Waals surface area contributed by atoms with E-state index in [4.69, 9.17) is 26.0 Å². The van der Waals surface area contributed by atoms with E-state index < -0.39 is 17.7 Å². The summed E-state index contributed by atoms with van der Waals surface area (Å²) in [7, 11) is 0. The summed E-state index contributed by atoms with van der Waals surface area (Å²) >= 11 is 5.84. The summed E-state index contributed by atoms with van der Waals surface area (Å²) in [5.41, 5.74) is 0.205. The first-order chi connectivity index (χ1) is 9.79. The molecule has 0 fully saturated rings. The molecule has 0 aliphatic rings. The van der Waals surface area contributed by atoms with Gasteiger partial charge in [-0.05, 0) is 32.9 Å². The van der Waals surface area contributed by atoms with E-state index in [1.807, 2.05) is 12.1 Å². The van der Waals surface area contributed by atoms with Gasteiger partial charge in [0.05, 0.1) is 0 Å². The van der Waals surface area contributed by atoms with Crippen molar-refractivity contribution in [1.29, 1.82) is 0 Å². The fourth-order valence-electron chi connectivity index (χ4n) is 1.79. The number of aliphatic carboxylic acids is 1. The van der Waals surface area contributed by atoms with Crippen LogP contribution in [-0.2, 0) is 9.53 Å². The fraction of sp³-hybridized carbons (Fsp3) is 0.333. The standard InChI is InChI=1S/C15H16ClNO4/c1-9(20-15(2,3)14(18)19)13-8-12(17-21-13)10-4-6-11(16)7-5-10/h4-9H,1-3H3,(H,18,19)/t9-/m0/s1. The van der Waals surface area contributed by atoms with Gasteiger partial charge in [-0.15, -0.1) is 0 Å². The van der Waals surface area contributed by atoms with Crippen molar-refractivity contribution >= 4 is 17.6 Å². The number of nitrogens with zero attached hydrogens (tertiary/aromatic N) is 1. The molecular weight excluding hydrogens is 294 g/mol. The molecule has 2 rings (SSSR count). The Labute approximate surface area is 127 Å². The number of rotatable bonds is 5. The molecule has 6 heteroatoms. The SMILES string of the molecule is C[C@H](OC(C)(C)C(=O)O)c1cc(-c2ccc(Cl)cc2)no1. The molecule has 0 spiro atoms. The van der Waals surface area contributed by atoms with Crippen LogP contribution in [0.25, 0.3) is 11.3 Å². The highest BCUT2D eigenvalue weighted by Gasteiger charge is 2.31. The zero-order chi connectivity index (χ0) is 15.6. The van der Waals surface area contributed by atoms with Crippen LogP contribution in [0, 0.1) is 0 Å². The molecule has 21 heavy (non-hydrogen) atoms. The largest absolute Gasteiger partial charge is 0.479 e. The molecule has 112 valence electrons. The van der Waals surface area contributed by atoms with Crippen LogP contribution in [0.5, 0.6) is 0 Å². The normalized spacial score (nSPS) is 13.1. The maximum atomic E-state index is 11.1. The predicted molar refractivity (Wildman–Crippen MR) is 78.2 cm³/mol. The molecule has 5 nitrogen and oxygen atoms in total. The summed E-state index contributed by atoms with van der Waals surface area (Å²) in [5, 5.41) is 13.7. The minimum atomic E-state index is -1.30. The van der Waals surface area contributed by atoms with Gasteiger partial charge in [-0.2, -0.15) is 0 Å². The molecule has 1 aromatic carbocycles. The first-order valence-electron chi connectivity index (χ1n) is 6.43. The number of carboxylic acid groups (broad SMARTS) is 1. The number of aromatic nitrogens is 1. The van der Waals surface area contributed by atoms with Gasteiger partial charge >= 0.3 is 5.97 Å². The predicted octanol–water partition coefficient (Wildman–Crippen LogP) is 3.94. The van der Waals surface area contributed by atoms with Gasteiger partial charge in [0.15, 0.2) is 11.4 Å². The number of halogens is 1. The van der Waals surface area contributed by atoms with Crippen LogP contribution >= 0.6 is 11.6 Å². The van der Waals surface area contributed by atoms with Gasteiger partial charge in [0.1, 0.15) is 11.8 Å². The lowest BCUT2D eigenvalue weighted by molar-refractivity contribution is -0.168. The first-order valence-corrected chi connectivity index (χ1v) is 6.81. The van der Waals surface area contributed by atoms with Crippen LogP contribution in [0.2, 0.25) is 5.02 Å². The summed E-state index contributed by atoms with van der Waals surface area (Å²) in [5.74, 6) is -0.568. The summed E-state index contributed by atoms with van der Waals surface area (Å²) in [6.45, 7) is 4.70. The van der Waals surface area contributed by atoms with E-state index in [-0.39, 0.29) is 0 Å². The van der Waals surface area contributed by atoms with E-state index in [1.54, 1.807) is 25.1 Å². The van der Waals surface area contributed by atoms with Crippen molar-refractivity contribution < 1.29 is 19.2 Å². The zero-order valence-electron chi connectivity index (χ0n) is 12.0. The maximum Gasteiger partial charge on any atom is 0.335 e. The molecule has 1 aromatic heterocycles. The van der Waals surface area contributed by atoms with Crippen LogP contribution < -0.4 is 0 Å². The summed E-state index contributed by atoms with van der Waals surface area (Å²) < 4.78 is 10.7. The van der Waals surface area contributed by atoms with Crippen LogP contribution in [0.15, 0.2) is 34.9 Å². The van der Waals surface area contributed by atoms with Crippen LogP contribution in [-0.4, -0.2) is 21.8 Å². The monoisotopic (exact) mass is 309 g/mol. The van der Waals surface area contributed by atoms with Gasteiger partial charge < -0.3 is 14.4 Å². The van der Waals surface area contributed by atoms with Crippen molar-refractivity contribution in [2.24, 2.45) is 0 Å². The number of benzene rings is 1. The van der Waals surface area contributed by atoms with E-state index >= 15 is 0 Å². The second-order valence-electron chi connectivity index (χ2n) is 5.20. The van der Waals surface area contributed by atoms with Gasteiger partial charge in [0.2, 0.25) is 0 Å². The molecule has 0 bridgehead atoms. The minimum absolute atomic E-state index is 0.467. The average Bonchev–Trinajstić information content (AvgIpc) is 2.88. The molecule has 0 saturated carbocycles. The molecule has 1 heterocycles. The Morgan fingerprint density at radius 2 is 2.00 bits per heavy atom. The van der Waals surface area contributed by atoms with Crippen molar-refractivity contribution in [2.75, 3.05) is 0 Å². The highest BCUT2D eigenvalue weighted by atomic mass is 35.5. The number of hydrogen-bond donors (Lipinski definition) is 1. The van der Waals surface area contributed by atoms with E-state index in [2.05, 4.69) is 5.16 Å². The Morgan fingerprint density at radius 1 is 1.38 bits per heavy atom. The van der Waals surface area contributed by atoms with E-state index in [0.29, 0.717) is 16.5 Å². The quantitative estimate of drug-likeness (QED) is 0.905. The van der Waals surface area contributed by atoms with Crippen molar-refractivity contribution in [2.45, 2.75) is 32.5 Å². The molecule has 2 aromatic rings. The Kier molecular flexibility index (Phi) is 4.34. The summed E-state index contributed by atoms with van der Waals surface area (Å²) in [6, 6.07) is 8.91. The molecule has 1 atom stereocenters. The first kappa shape index (κ1) is 15.5. The molecule has 1 N–H and O–H groups in total. The smallest absolute Gasteiger partial charge is 0.335 e. The molecule has 0 aliphatic heterocycles. The third kappa shape index (κ3) is 3.62. The van der Waals surface area contributed by atoms with Crippen LogP contribution in [0.3, 0.4) is 0 Å². The van der Waals surface area contributed by atoms with Gasteiger partial charge in [-0.3, -0.25) is 0 Å². The van der Waals surface area contributed by atoms with E-state index in [0.717, 1.165) is 5.56 Å². The molecule has 0 unspecified atom stereocenters. The number of hydrogen-bond acceptors (Lipinski definition) is 4. The lowest BCUT2D eigenvalue weighted by atomic mass is 10.1. The minimum Gasteiger partial charge on any atom is -0.479 e. The van der Waals surface area contributed by atoms with E-state index in [9.17, 15) is 4.79 Å². The Morgan fingerprint density at radius 3 is 2.57 bits per heavy atom.